The Labute approximate surface area is 145 Å². The Hall–Kier alpha value is -0.200. The van der Waals surface area contributed by atoms with E-state index in [4.69, 9.17) is 9.47 Å². The van der Waals surface area contributed by atoms with E-state index < -0.39 is 0 Å². The van der Waals surface area contributed by atoms with Crippen molar-refractivity contribution in [2.24, 2.45) is 23.7 Å². The fourth-order valence-corrected chi connectivity index (χ4v) is 6.31. The van der Waals surface area contributed by atoms with Gasteiger partial charge in [-0.15, -0.1) is 0 Å². The molecule has 0 spiro atoms. The van der Waals surface area contributed by atoms with Gasteiger partial charge in [-0.25, -0.2) is 0 Å². The van der Waals surface area contributed by atoms with Crippen LogP contribution in [-0.2, 0) is 9.47 Å². The average molecular weight is 339 g/mol. The lowest BCUT2D eigenvalue weighted by Gasteiger charge is -2.56. The number of nitrogens with zero attached hydrogens (tertiary/aromatic N) is 1. The zero-order valence-corrected chi connectivity index (χ0v) is 15.0. The van der Waals surface area contributed by atoms with Crippen LogP contribution in [0.3, 0.4) is 0 Å². The van der Waals surface area contributed by atoms with Crippen molar-refractivity contribution in [2.75, 3.05) is 27.3 Å². The lowest BCUT2D eigenvalue weighted by Crippen LogP contribution is -2.60. The number of fused-ring (bicyclic) bond motifs is 4. The second-order valence-electron chi connectivity index (χ2n) is 8.66. The standard InChI is InChI=1S/C19H33NO4/c1-23-18-7-11-3-4-20-10-13-8-19(24-2)16(21)6-12(13)5-15(20)14(11)9-17(18)22/h11-19,21-22H,3-10H2,1-2H3. The number of aliphatic hydroxyl groups excluding tert-OH is 2. The highest BCUT2D eigenvalue weighted by atomic mass is 16.5. The molecule has 0 aromatic heterocycles. The van der Waals surface area contributed by atoms with E-state index in [0.29, 0.717) is 29.7 Å². The van der Waals surface area contributed by atoms with Crippen LogP contribution in [0.15, 0.2) is 0 Å². The summed E-state index contributed by atoms with van der Waals surface area (Å²) in [7, 11) is 3.45. The molecule has 5 nitrogen and oxygen atoms in total. The molecule has 2 heterocycles. The third-order valence-corrected chi connectivity index (χ3v) is 7.63. The molecule has 138 valence electrons. The van der Waals surface area contributed by atoms with Crippen LogP contribution in [0, 0.1) is 23.7 Å². The van der Waals surface area contributed by atoms with Gasteiger partial charge in [0.1, 0.15) is 0 Å². The van der Waals surface area contributed by atoms with Gasteiger partial charge in [0, 0.05) is 26.8 Å². The van der Waals surface area contributed by atoms with E-state index in [2.05, 4.69) is 4.90 Å². The van der Waals surface area contributed by atoms with Gasteiger partial charge in [-0.05, 0) is 68.7 Å². The van der Waals surface area contributed by atoms with Gasteiger partial charge in [0.2, 0.25) is 0 Å². The molecule has 0 aromatic carbocycles. The van der Waals surface area contributed by atoms with Crippen molar-refractivity contribution < 1.29 is 19.7 Å². The van der Waals surface area contributed by atoms with Crippen LogP contribution in [0.4, 0.5) is 0 Å². The topological polar surface area (TPSA) is 62.2 Å². The number of methoxy groups -OCH3 is 2. The minimum Gasteiger partial charge on any atom is -0.390 e. The molecule has 4 aliphatic rings. The monoisotopic (exact) mass is 339 g/mol. The largest absolute Gasteiger partial charge is 0.390 e. The van der Waals surface area contributed by atoms with Gasteiger partial charge in [-0.1, -0.05) is 0 Å². The average Bonchev–Trinajstić information content (AvgIpc) is 2.59. The fraction of sp³-hybridized carbons (Fsp3) is 1.00. The molecule has 0 aromatic rings. The molecule has 9 atom stereocenters. The Morgan fingerprint density at radius 1 is 0.792 bits per heavy atom. The van der Waals surface area contributed by atoms with Gasteiger partial charge < -0.3 is 19.7 Å². The Morgan fingerprint density at radius 3 is 2.17 bits per heavy atom. The third kappa shape index (κ3) is 2.92. The third-order valence-electron chi connectivity index (χ3n) is 7.63. The zero-order valence-electron chi connectivity index (χ0n) is 15.0. The van der Waals surface area contributed by atoms with Crippen molar-refractivity contribution in [3.63, 3.8) is 0 Å². The van der Waals surface area contributed by atoms with Crippen LogP contribution < -0.4 is 0 Å². The summed E-state index contributed by atoms with van der Waals surface area (Å²) in [6.07, 6.45) is 5.60. The summed E-state index contributed by atoms with van der Waals surface area (Å²) in [6, 6.07) is 0.587. The molecule has 0 amide bonds. The second kappa shape index (κ2) is 6.84. The van der Waals surface area contributed by atoms with Crippen molar-refractivity contribution in [1.82, 2.24) is 4.90 Å². The van der Waals surface area contributed by atoms with Crippen molar-refractivity contribution in [2.45, 2.75) is 69.0 Å². The maximum atomic E-state index is 10.4. The smallest absolute Gasteiger partial charge is 0.0833 e. The summed E-state index contributed by atoms with van der Waals surface area (Å²) in [6.45, 7) is 2.33. The SMILES string of the molecule is COC1CC2CN3CCC4CC(OC)C(O)CC4C3CC2CC1O. The molecule has 4 rings (SSSR count). The number of aliphatic hydroxyl groups is 2. The minimum atomic E-state index is -0.316. The van der Waals surface area contributed by atoms with Crippen LogP contribution in [0.5, 0.6) is 0 Å². The molecular weight excluding hydrogens is 306 g/mol. The van der Waals surface area contributed by atoms with Gasteiger partial charge in [-0.2, -0.15) is 0 Å². The van der Waals surface area contributed by atoms with Gasteiger partial charge in [0.25, 0.3) is 0 Å². The van der Waals surface area contributed by atoms with E-state index in [-0.39, 0.29) is 24.4 Å². The molecule has 5 heteroatoms. The summed E-state index contributed by atoms with van der Waals surface area (Å²) in [5.74, 6) is 2.56. The summed E-state index contributed by atoms with van der Waals surface area (Å²) in [5, 5.41) is 20.8. The Morgan fingerprint density at radius 2 is 1.46 bits per heavy atom. The summed E-state index contributed by atoms with van der Waals surface area (Å²) < 4.78 is 11.0. The Bertz CT molecular complexity index is 441. The highest BCUT2D eigenvalue weighted by Crippen LogP contribution is 2.48. The van der Waals surface area contributed by atoms with E-state index in [1.807, 2.05) is 0 Å². The zero-order chi connectivity index (χ0) is 16.8. The van der Waals surface area contributed by atoms with Crippen LogP contribution in [0.25, 0.3) is 0 Å². The molecule has 2 aliphatic heterocycles. The molecule has 4 fully saturated rings. The summed E-state index contributed by atoms with van der Waals surface area (Å²) >= 11 is 0. The lowest BCUT2D eigenvalue weighted by atomic mass is 9.62. The highest BCUT2D eigenvalue weighted by Gasteiger charge is 2.50. The molecular formula is C19H33NO4. The van der Waals surface area contributed by atoms with Gasteiger partial charge >= 0.3 is 0 Å². The number of ether oxygens (including phenoxy) is 2. The van der Waals surface area contributed by atoms with Crippen molar-refractivity contribution in [3.8, 4) is 0 Å². The molecule has 2 saturated carbocycles. The Kier molecular flexibility index (Phi) is 4.91. The van der Waals surface area contributed by atoms with Crippen molar-refractivity contribution in [1.29, 1.82) is 0 Å². The molecule has 2 aliphatic carbocycles. The Balaban J connectivity index is 1.47. The van der Waals surface area contributed by atoms with E-state index >= 15 is 0 Å². The summed E-state index contributed by atoms with van der Waals surface area (Å²) in [5.41, 5.74) is 0. The van der Waals surface area contributed by atoms with Crippen molar-refractivity contribution in [3.05, 3.63) is 0 Å². The van der Waals surface area contributed by atoms with Crippen LogP contribution in [0.2, 0.25) is 0 Å². The number of rotatable bonds is 2. The first-order valence-electron chi connectivity index (χ1n) is 9.76. The second-order valence-corrected chi connectivity index (χ2v) is 8.66. The first kappa shape index (κ1) is 17.2. The maximum absolute atomic E-state index is 10.4. The fourth-order valence-electron chi connectivity index (χ4n) is 6.31. The molecule has 0 bridgehead atoms. The van der Waals surface area contributed by atoms with Crippen LogP contribution in [-0.4, -0.2) is 72.9 Å². The quantitative estimate of drug-likeness (QED) is 0.793. The number of hydrogen-bond donors (Lipinski definition) is 2. The molecule has 9 unspecified atom stereocenters. The van der Waals surface area contributed by atoms with E-state index in [1.165, 1.54) is 19.4 Å². The summed E-state index contributed by atoms with van der Waals surface area (Å²) in [4.78, 5) is 2.69. The van der Waals surface area contributed by atoms with Crippen molar-refractivity contribution >= 4 is 0 Å². The van der Waals surface area contributed by atoms with Gasteiger partial charge in [0.15, 0.2) is 0 Å². The number of piperidine rings is 2. The predicted molar refractivity (Wildman–Crippen MR) is 90.6 cm³/mol. The predicted octanol–water partition coefficient (Wildman–Crippen LogP) is 1.27. The highest BCUT2D eigenvalue weighted by molar-refractivity contribution is 5.02. The minimum absolute atomic E-state index is 0.0132. The molecule has 24 heavy (non-hydrogen) atoms. The maximum Gasteiger partial charge on any atom is 0.0833 e. The number of hydrogen-bond acceptors (Lipinski definition) is 5. The van der Waals surface area contributed by atoms with E-state index in [9.17, 15) is 10.2 Å². The first-order chi connectivity index (χ1) is 11.6. The van der Waals surface area contributed by atoms with Gasteiger partial charge in [0.05, 0.1) is 24.4 Å². The van der Waals surface area contributed by atoms with Gasteiger partial charge in [-0.3, -0.25) is 4.90 Å². The van der Waals surface area contributed by atoms with Crippen LogP contribution >= 0.6 is 0 Å². The molecule has 2 N–H and O–H groups in total. The van der Waals surface area contributed by atoms with Crippen LogP contribution in [0.1, 0.15) is 38.5 Å². The lowest BCUT2D eigenvalue weighted by molar-refractivity contribution is -0.134. The van der Waals surface area contributed by atoms with E-state index in [0.717, 1.165) is 32.2 Å². The first-order valence-corrected chi connectivity index (χ1v) is 9.76. The molecule has 0 radical (unpaired) electrons. The molecule has 2 saturated heterocycles. The normalized spacial score (nSPS) is 52.2. The van der Waals surface area contributed by atoms with E-state index in [1.54, 1.807) is 14.2 Å².